The predicted molar refractivity (Wildman–Crippen MR) is 56.9 cm³/mol. The third kappa shape index (κ3) is 2.42. The van der Waals surface area contributed by atoms with Crippen molar-refractivity contribution < 1.29 is 25.8 Å². The average molecular weight is 317 g/mol. The summed E-state index contributed by atoms with van der Waals surface area (Å²) in [4.78, 5) is 0. The summed E-state index contributed by atoms with van der Waals surface area (Å²) in [5, 5.41) is 10.2. The van der Waals surface area contributed by atoms with Crippen molar-refractivity contribution in [3.63, 3.8) is 0 Å². The largest absolute Gasteiger partial charge is 0.534 e. The van der Waals surface area contributed by atoms with E-state index in [0.29, 0.717) is 0 Å². The number of nitrogens with zero attached hydrogens (tertiary/aromatic N) is 4. The monoisotopic (exact) mass is 316 g/mol. The number of fused-ring (bicyclic) bond motifs is 1. The smallest absolute Gasteiger partial charge is 0.353 e. The minimum atomic E-state index is -5.81. The van der Waals surface area contributed by atoms with Crippen LogP contribution >= 0.6 is 11.6 Å². The van der Waals surface area contributed by atoms with Crippen molar-refractivity contribution in [1.29, 1.82) is 0 Å². The molecule has 2 heterocycles. The van der Waals surface area contributed by atoms with Crippen molar-refractivity contribution in [1.82, 2.24) is 20.0 Å². The Labute approximate surface area is 109 Å². The normalized spacial score (nSPS) is 12.9. The minimum Gasteiger partial charge on any atom is -0.353 e. The van der Waals surface area contributed by atoms with E-state index in [2.05, 4.69) is 19.5 Å². The van der Waals surface area contributed by atoms with Gasteiger partial charge in [0.15, 0.2) is 10.8 Å². The third-order valence-corrected chi connectivity index (χ3v) is 3.12. The van der Waals surface area contributed by atoms with Crippen molar-refractivity contribution in [2.45, 2.75) is 5.51 Å². The molecule has 2 rings (SSSR count). The molecule has 0 fully saturated rings. The highest BCUT2D eigenvalue weighted by atomic mass is 35.5. The molecule has 0 radical (unpaired) electrons. The van der Waals surface area contributed by atoms with E-state index in [4.69, 9.17) is 11.6 Å². The zero-order valence-corrected chi connectivity index (χ0v) is 10.6. The second-order valence-electron chi connectivity index (χ2n) is 3.32. The summed E-state index contributed by atoms with van der Waals surface area (Å²) in [6.07, 6.45) is 0. The number of aromatic nitrogens is 4. The minimum absolute atomic E-state index is 0.0248. The van der Waals surface area contributed by atoms with Crippen LogP contribution in [0.5, 0.6) is 5.88 Å². The lowest BCUT2D eigenvalue weighted by Crippen LogP contribution is -2.28. The van der Waals surface area contributed by atoms with Gasteiger partial charge in [-0.2, -0.15) is 21.6 Å². The van der Waals surface area contributed by atoms with E-state index >= 15 is 0 Å². The van der Waals surface area contributed by atoms with E-state index in [1.165, 1.54) is 7.05 Å². The summed E-state index contributed by atoms with van der Waals surface area (Å²) in [5.74, 6) is -0.772. The fraction of sp³-hybridized carbons (Fsp3) is 0.286. The Kier molecular flexibility index (Phi) is 3.05. The predicted octanol–water partition coefficient (Wildman–Crippen LogP) is 1.25. The van der Waals surface area contributed by atoms with E-state index in [9.17, 15) is 21.6 Å². The first-order chi connectivity index (χ1) is 8.62. The fourth-order valence-electron chi connectivity index (χ4n) is 1.21. The molecule has 12 heteroatoms. The Balaban J connectivity index is 2.56. The zero-order valence-electron chi connectivity index (χ0n) is 9.01. The van der Waals surface area contributed by atoms with Crippen LogP contribution in [-0.4, -0.2) is 33.9 Å². The van der Waals surface area contributed by atoms with Gasteiger partial charge in [0.25, 0.3) is 5.88 Å². The SMILES string of the molecule is Cn1nc(OS(=O)(=O)C(F)(F)F)c2cc(Cl)nnc21. The van der Waals surface area contributed by atoms with Gasteiger partial charge in [-0.15, -0.1) is 15.3 Å². The van der Waals surface area contributed by atoms with Crippen LogP contribution in [-0.2, 0) is 17.2 Å². The van der Waals surface area contributed by atoms with Gasteiger partial charge in [-0.1, -0.05) is 11.6 Å². The second kappa shape index (κ2) is 4.20. The molecule has 0 aliphatic heterocycles. The van der Waals surface area contributed by atoms with Gasteiger partial charge < -0.3 is 4.18 Å². The molecule has 0 spiro atoms. The lowest BCUT2D eigenvalue weighted by molar-refractivity contribution is -0.0501. The van der Waals surface area contributed by atoms with Crippen LogP contribution in [0.25, 0.3) is 11.0 Å². The summed E-state index contributed by atoms with van der Waals surface area (Å²) in [6, 6.07) is 1.10. The first-order valence-electron chi connectivity index (χ1n) is 4.48. The Hall–Kier alpha value is -1.62. The van der Waals surface area contributed by atoms with Crippen LogP contribution in [0.15, 0.2) is 6.07 Å². The molecule has 0 aliphatic carbocycles. The quantitative estimate of drug-likeness (QED) is 0.612. The van der Waals surface area contributed by atoms with Gasteiger partial charge in [-0.05, 0) is 6.07 Å². The molecule has 0 saturated heterocycles. The van der Waals surface area contributed by atoms with Crippen molar-refractivity contribution in [3.8, 4) is 5.88 Å². The maximum atomic E-state index is 12.2. The Morgan fingerprint density at radius 1 is 1.37 bits per heavy atom. The highest BCUT2D eigenvalue weighted by Gasteiger charge is 2.49. The number of aryl methyl sites for hydroxylation is 1. The molecule has 0 bridgehead atoms. The lowest BCUT2D eigenvalue weighted by atomic mass is 10.4. The molecule has 0 aromatic carbocycles. The van der Waals surface area contributed by atoms with Crippen molar-refractivity contribution in [2.24, 2.45) is 7.05 Å². The summed E-state index contributed by atoms with van der Waals surface area (Å²) < 4.78 is 63.4. The summed E-state index contributed by atoms with van der Waals surface area (Å²) >= 11 is 5.52. The van der Waals surface area contributed by atoms with Crippen molar-refractivity contribution in [3.05, 3.63) is 11.2 Å². The van der Waals surface area contributed by atoms with Crippen LogP contribution in [0.2, 0.25) is 5.15 Å². The van der Waals surface area contributed by atoms with Crippen LogP contribution < -0.4 is 4.18 Å². The molecule has 2 aromatic heterocycles. The number of hydrogen-bond donors (Lipinski definition) is 0. The summed E-state index contributed by atoms with van der Waals surface area (Å²) in [6.45, 7) is 0. The van der Waals surface area contributed by atoms with Gasteiger partial charge in [0.05, 0.1) is 5.39 Å². The molecule has 0 unspecified atom stereocenters. The van der Waals surface area contributed by atoms with Gasteiger partial charge in [-0.25, -0.2) is 4.68 Å². The molecule has 104 valence electrons. The molecule has 0 atom stereocenters. The van der Waals surface area contributed by atoms with E-state index in [-0.39, 0.29) is 16.2 Å². The molecule has 0 amide bonds. The van der Waals surface area contributed by atoms with Gasteiger partial charge in [0.1, 0.15) is 0 Å². The second-order valence-corrected chi connectivity index (χ2v) is 5.24. The number of halogens is 4. The van der Waals surface area contributed by atoms with Gasteiger partial charge in [0.2, 0.25) is 0 Å². The van der Waals surface area contributed by atoms with Gasteiger partial charge in [0, 0.05) is 7.05 Å². The maximum Gasteiger partial charge on any atom is 0.534 e. The summed E-state index contributed by atoms with van der Waals surface area (Å²) in [7, 11) is -4.48. The van der Waals surface area contributed by atoms with Gasteiger partial charge in [-0.3, -0.25) is 0 Å². The first-order valence-corrected chi connectivity index (χ1v) is 6.27. The molecule has 0 saturated carbocycles. The molecule has 0 N–H and O–H groups in total. The Bertz CT molecular complexity index is 742. The highest BCUT2D eigenvalue weighted by molar-refractivity contribution is 7.88. The van der Waals surface area contributed by atoms with Gasteiger partial charge >= 0.3 is 15.6 Å². The molecule has 0 aliphatic rings. The van der Waals surface area contributed by atoms with Crippen LogP contribution in [0.3, 0.4) is 0 Å². The molecule has 7 nitrogen and oxygen atoms in total. The lowest BCUT2D eigenvalue weighted by Gasteiger charge is -2.06. The fourth-order valence-corrected chi connectivity index (χ4v) is 1.78. The number of rotatable bonds is 2. The first kappa shape index (κ1) is 13.8. The maximum absolute atomic E-state index is 12.2. The Morgan fingerprint density at radius 2 is 2.00 bits per heavy atom. The average Bonchev–Trinajstić information content (AvgIpc) is 2.53. The molecule has 19 heavy (non-hydrogen) atoms. The van der Waals surface area contributed by atoms with E-state index in [1.807, 2.05) is 0 Å². The topological polar surface area (TPSA) is 87.0 Å². The number of hydrogen-bond acceptors (Lipinski definition) is 6. The standard InChI is InChI=1S/C7H4ClF3N4O3S/c1-15-5-3(2-4(8)12-13-5)6(14-15)18-19(16,17)7(9,10)11/h2H,1H3. The van der Waals surface area contributed by atoms with Crippen LogP contribution in [0.4, 0.5) is 13.2 Å². The Morgan fingerprint density at radius 3 is 2.58 bits per heavy atom. The molecular weight excluding hydrogens is 313 g/mol. The zero-order chi connectivity index (χ0) is 14.4. The van der Waals surface area contributed by atoms with Crippen molar-refractivity contribution in [2.75, 3.05) is 0 Å². The molecular formula is C7H4ClF3N4O3S. The summed E-state index contributed by atoms with van der Waals surface area (Å²) in [5.41, 5.74) is -5.53. The van der Waals surface area contributed by atoms with E-state index in [1.54, 1.807) is 0 Å². The molecule has 2 aromatic rings. The number of alkyl halides is 3. The van der Waals surface area contributed by atoms with E-state index in [0.717, 1.165) is 10.7 Å². The van der Waals surface area contributed by atoms with Crippen molar-refractivity contribution >= 4 is 32.8 Å². The highest BCUT2D eigenvalue weighted by Crippen LogP contribution is 2.30. The third-order valence-electron chi connectivity index (χ3n) is 1.99. The van der Waals surface area contributed by atoms with Crippen LogP contribution in [0.1, 0.15) is 0 Å². The van der Waals surface area contributed by atoms with Crippen LogP contribution in [0, 0.1) is 0 Å². The van der Waals surface area contributed by atoms with E-state index < -0.39 is 21.5 Å².